The second-order valence-electron chi connectivity index (χ2n) is 3.84. The van der Waals surface area contributed by atoms with Gasteiger partial charge in [0.25, 0.3) is 0 Å². The monoisotopic (exact) mass is 266 g/mol. The second kappa shape index (κ2) is 4.21. The van der Waals surface area contributed by atoms with Gasteiger partial charge in [0.15, 0.2) is 0 Å². The van der Waals surface area contributed by atoms with Crippen LogP contribution in [0.2, 0.25) is 0 Å². The third-order valence-electron chi connectivity index (χ3n) is 2.34. The van der Waals surface area contributed by atoms with E-state index in [0.717, 1.165) is 10.4 Å². The Balaban J connectivity index is 2.53. The van der Waals surface area contributed by atoms with E-state index >= 15 is 0 Å². The number of benzene rings is 1. The van der Waals surface area contributed by atoms with Gasteiger partial charge in [-0.3, -0.25) is 0 Å². The zero-order chi connectivity index (χ0) is 10.8. The van der Waals surface area contributed by atoms with Gasteiger partial charge in [-0.25, -0.2) is 0 Å². The zero-order valence-electron chi connectivity index (χ0n) is 8.86. The fourth-order valence-corrected chi connectivity index (χ4v) is 2.07. The standard InChI is InChI=1S/C12H14N2Se/c1-8(2)10-11(14-12(15)13-10)9-6-4-3-5-7-9/h3-8H,1-2H3,(H2,13,14,15). The van der Waals surface area contributed by atoms with Crippen LogP contribution in [-0.4, -0.2) is 26.0 Å². The normalized spacial score (nSPS) is 10.9. The molecule has 0 spiro atoms. The Morgan fingerprint density at radius 3 is 2.47 bits per heavy atom. The Hall–Kier alpha value is -1.05. The predicted octanol–water partition coefficient (Wildman–Crippen LogP) is 1.73. The Labute approximate surface area is 97.9 Å². The molecule has 0 unspecified atom stereocenters. The molecule has 2 rings (SSSR count). The van der Waals surface area contributed by atoms with Crippen molar-refractivity contribution in [2.75, 3.05) is 0 Å². The molecular formula is C12H14N2Se. The number of H-pyrrole nitrogens is 1. The van der Waals surface area contributed by atoms with E-state index in [0.29, 0.717) is 5.92 Å². The number of imidazole rings is 1. The van der Waals surface area contributed by atoms with Crippen LogP contribution >= 0.6 is 0 Å². The third-order valence-corrected chi connectivity index (χ3v) is 2.79. The van der Waals surface area contributed by atoms with Crippen molar-refractivity contribution in [3.63, 3.8) is 0 Å². The number of rotatable bonds is 2. The molecular weight excluding hydrogens is 251 g/mol. The van der Waals surface area contributed by atoms with Gasteiger partial charge in [0, 0.05) is 0 Å². The molecule has 3 heteroatoms. The van der Waals surface area contributed by atoms with E-state index in [1.54, 1.807) is 0 Å². The fourth-order valence-electron chi connectivity index (χ4n) is 1.61. The first-order valence-electron chi connectivity index (χ1n) is 5.02. The van der Waals surface area contributed by atoms with Crippen LogP contribution in [0.1, 0.15) is 25.5 Å². The van der Waals surface area contributed by atoms with Crippen LogP contribution in [0.4, 0.5) is 0 Å². The number of nitrogens with zero attached hydrogens (tertiary/aromatic N) is 1. The molecule has 0 amide bonds. The third kappa shape index (κ3) is 2.14. The van der Waals surface area contributed by atoms with Gasteiger partial charge in [-0.1, -0.05) is 0 Å². The maximum absolute atomic E-state index is 4.52. The van der Waals surface area contributed by atoms with Crippen molar-refractivity contribution >= 4 is 20.7 Å². The second-order valence-corrected chi connectivity index (χ2v) is 4.73. The van der Waals surface area contributed by atoms with Crippen molar-refractivity contribution in [2.24, 2.45) is 0 Å². The molecule has 1 aromatic carbocycles. The molecule has 0 saturated heterocycles. The average Bonchev–Trinajstić information content (AvgIpc) is 2.62. The zero-order valence-corrected chi connectivity index (χ0v) is 10.7. The van der Waals surface area contributed by atoms with Crippen molar-refractivity contribution in [1.82, 2.24) is 9.97 Å². The predicted molar refractivity (Wildman–Crippen MR) is 64.9 cm³/mol. The van der Waals surface area contributed by atoms with Crippen LogP contribution in [-0.2, 0) is 0 Å². The minimum atomic E-state index is 0.464. The maximum atomic E-state index is 4.52. The first-order valence-corrected chi connectivity index (χ1v) is 5.96. The molecule has 0 atom stereocenters. The summed E-state index contributed by atoms with van der Waals surface area (Å²) in [6.07, 6.45) is 0. The van der Waals surface area contributed by atoms with Crippen LogP contribution in [0.25, 0.3) is 11.3 Å². The van der Waals surface area contributed by atoms with Gasteiger partial charge in [0.1, 0.15) is 0 Å². The van der Waals surface area contributed by atoms with Gasteiger partial charge >= 0.3 is 97.8 Å². The Morgan fingerprint density at radius 2 is 1.87 bits per heavy atom. The summed E-state index contributed by atoms with van der Waals surface area (Å²) in [6.45, 7) is 4.35. The summed E-state index contributed by atoms with van der Waals surface area (Å²) in [4.78, 5) is 7.82. The van der Waals surface area contributed by atoms with Gasteiger partial charge in [-0.05, 0) is 0 Å². The summed E-state index contributed by atoms with van der Waals surface area (Å²) < 4.78 is 0.921. The molecule has 0 saturated carbocycles. The molecule has 1 heterocycles. The summed E-state index contributed by atoms with van der Waals surface area (Å²) >= 11 is 2.46. The van der Waals surface area contributed by atoms with Gasteiger partial charge in [0.05, 0.1) is 0 Å². The fraction of sp³-hybridized carbons (Fsp3) is 0.250. The first-order chi connectivity index (χ1) is 7.18. The van der Waals surface area contributed by atoms with E-state index in [9.17, 15) is 0 Å². The summed E-state index contributed by atoms with van der Waals surface area (Å²) in [5.74, 6) is 0.464. The van der Waals surface area contributed by atoms with Crippen LogP contribution in [0.3, 0.4) is 0 Å². The first kappa shape index (κ1) is 10.5. The average molecular weight is 265 g/mol. The van der Waals surface area contributed by atoms with Gasteiger partial charge < -0.3 is 0 Å². The summed E-state index contributed by atoms with van der Waals surface area (Å²) in [6, 6.07) is 10.3. The summed E-state index contributed by atoms with van der Waals surface area (Å²) in [7, 11) is 0. The molecule has 2 aromatic rings. The molecule has 78 valence electrons. The molecule has 0 fully saturated rings. The number of hydrogen-bond acceptors (Lipinski definition) is 1. The molecule has 0 bridgehead atoms. The van der Waals surface area contributed by atoms with Gasteiger partial charge in [-0.2, -0.15) is 0 Å². The topological polar surface area (TPSA) is 28.7 Å². The Morgan fingerprint density at radius 1 is 1.20 bits per heavy atom. The molecule has 2 nitrogen and oxygen atoms in total. The SMILES string of the molecule is CC(C)c1[nH]c([SeH])nc1-c1ccccc1. The molecule has 0 aliphatic heterocycles. The van der Waals surface area contributed by atoms with E-state index in [1.165, 1.54) is 11.3 Å². The van der Waals surface area contributed by atoms with Crippen LogP contribution < -0.4 is 4.72 Å². The van der Waals surface area contributed by atoms with Crippen molar-refractivity contribution < 1.29 is 0 Å². The Kier molecular flexibility index (Phi) is 2.94. The van der Waals surface area contributed by atoms with E-state index in [4.69, 9.17) is 0 Å². The number of aromatic nitrogens is 2. The molecule has 0 aliphatic rings. The molecule has 0 aliphatic carbocycles. The van der Waals surface area contributed by atoms with E-state index < -0.39 is 0 Å². The van der Waals surface area contributed by atoms with Crippen LogP contribution in [0.5, 0.6) is 0 Å². The molecule has 1 N–H and O–H groups in total. The van der Waals surface area contributed by atoms with E-state index in [-0.39, 0.29) is 0 Å². The number of aromatic amines is 1. The number of hydrogen-bond donors (Lipinski definition) is 1. The quantitative estimate of drug-likeness (QED) is 0.823. The van der Waals surface area contributed by atoms with Crippen LogP contribution in [0, 0.1) is 0 Å². The van der Waals surface area contributed by atoms with Crippen LogP contribution in [0.15, 0.2) is 30.3 Å². The van der Waals surface area contributed by atoms with Crippen molar-refractivity contribution in [3.05, 3.63) is 36.0 Å². The number of nitrogens with one attached hydrogen (secondary N) is 1. The summed E-state index contributed by atoms with van der Waals surface area (Å²) in [5.41, 5.74) is 3.45. The van der Waals surface area contributed by atoms with E-state index in [2.05, 4.69) is 52.0 Å². The van der Waals surface area contributed by atoms with Crippen molar-refractivity contribution in [3.8, 4) is 11.3 Å². The molecule has 15 heavy (non-hydrogen) atoms. The van der Waals surface area contributed by atoms with Crippen molar-refractivity contribution in [2.45, 2.75) is 19.8 Å². The van der Waals surface area contributed by atoms with Crippen molar-refractivity contribution in [1.29, 1.82) is 0 Å². The van der Waals surface area contributed by atoms with Gasteiger partial charge in [0.2, 0.25) is 0 Å². The van der Waals surface area contributed by atoms with E-state index in [1.807, 2.05) is 18.2 Å². The molecule has 1 aromatic heterocycles. The van der Waals surface area contributed by atoms with Gasteiger partial charge in [-0.15, -0.1) is 0 Å². The minimum absolute atomic E-state index is 0.464. The summed E-state index contributed by atoms with van der Waals surface area (Å²) in [5, 5.41) is 0. The Bertz CT molecular complexity index is 446. The molecule has 0 radical (unpaired) electrons.